The standard InChI is InChI=1S/C24H24N2O7/c1-13(2)8-9-26-22(28)17-6-4-15(10-18(17)23(26)29)24(30)33-14(3)21(27)25-16-5-7-19-20(11-16)32-12-31-19/h4-7,10-11,13-14H,8-9,12H2,1-3H3,(H,25,27)/t14-/m0/s1. The fourth-order valence-corrected chi connectivity index (χ4v) is 3.51. The minimum Gasteiger partial charge on any atom is -0.454 e. The molecule has 2 heterocycles. The molecule has 0 fully saturated rings. The summed E-state index contributed by atoms with van der Waals surface area (Å²) in [5.41, 5.74) is 0.975. The first kappa shape index (κ1) is 22.3. The van der Waals surface area contributed by atoms with Crippen molar-refractivity contribution in [3.8, 4) is 11.5 Å². The van der Waals surface area contributed by atoms with Crippen molar-refractivity contribution in [1.29, 1.82) is 0 Å². The Labute approximate surface area is 190 Å². The van der Waals surface area contributed by atoms with E-state index in [4.69, 9.17) is 14.2 Å². The van der Waals surface area contributed by atoms with Crippen LogP contribution >= 0.6 is 0 Å². The number of anilines is 1. The summed E-state index contributed by atoms with van der Waals surface area (Å²) in [6.07, 6.45) is -0.410. The molecule has 0 aromatic heterocycles. The summed E-state index contributed by atoms with van der Waals surface area (Å²) in [5.74, 6) is -0.672. The van der Waals surface area contributed by atoms with Gasteiger partial charge in [0.15, 0.2) is 17.6 Å². The van der Waals surface area contributed by atoms with E-state index in [0.29, 0.717) is 36.1 Å². The van der Waals surface area contributed by atoms with E-state index >= 15 is 0 Å². The predicted octanol–water partition coefficient (Wildman–Crippen LogP) is 3.24. The number of carbonyl (C=O) groups is 4. The molecule has 33 heavy (non-hydrogen) atoms. The third-order valence-corrected chi connectivity index (χ3v) is 5.43. The monoisotopic (exact) mass is 452 g/mol. The summed E-state index contributed by atoms with van der Waals surface area (Å²) in [6, 6.07) is 9.13. The summed E-state index contributed by atoms with van der Waals surface area (Å²) in [7, 11) is 0. The number of hydrogen-bond acceptors (Lipinski definition) is 7. The number of imide groups is 1. The first-order valence-corrected chi connectivity index (χ1v) is 10.7. The van der Waals surface area contributed by atoms with E-state index in [1.807, 2.05) is 13.8 Å². The minimum atomic E-state index is -1.10. The van der Waals surface area contributed by atoms with E-state index in [0.717, 1.165) is 0 Å². The van der Waals surface area contributed by atoms with Crippen LogP contribution in [0, 0.1) is 5.92 Å². The normalized spacial score (nSPS) is 15.0. The number of hydrogen-bond donors (Lipinski definition) is 1. The lowest BCUT2D eigenvalue weighted by Crippen LogP contribution is -2.31. The zero-order valence-electron chi connectivity index (χ0n) is 18.5. The molecule has 0 aliphatic carbocycles. The van der Waals surface area contributed by atoms with Crippen molar-refractivity contribution in [2.45, 2.75) is 33.3 Å². The van der Waals surface area contributed by atoms with Gasteiger partial charge in [0.2, 0.25) is 6.79 Å². The van der Waals surface area contributed by atoms with Gasteiger partial charge in [-0.3, -0.25) is 19.3 Å². The molecule has 0 spiro atoms. The number of nitrogens with one attached hydrogen (secondary N) is 1. The van der Waals surface area contributed by atoms with Gasteiger partial charge in [-0.1, -0.05) is 13.8 Å². The van der Waals surface area contributed by atoms with Crippen molar-refractivity contribution in [2.75, 3.05) is 18.7 Å². The van der Waals surface area contributed by atoms with Gasteiger partial charge in [0.1, 0.15) is 0 Å². The van der Waals surface area contributed by atoms with E-state index < -0.39 is 23.9 Å². The number of fused-ring (bicyclic) bond motifs is 2. The number of carbonyl (C=O) groups excluding carboxylic acids is 4. The molecule has 0 unspecified atom stereocenters. The van der Waals surface area contributed by atoms with E-state index in [-0.39, 0.29) is 29.4 Å². The van der Waals surface area contributed by atoms with Crippen molar-refractivity contribution in [3.05, 3.63) is 53.1 Å². The second-order valence-electron chi connectivity index (χ2n) is 8.31. The number of benzene rings is 2. The maximum Gasteiger partial charge on any atom is 0.338 e. The van der Waals surface area contributed by atoms with Crippen LogP contribution in [0.5, 0.6) is 11.5 Å². The van der Waals surface area contributed by atoms with Crippen LogP contribution in [0.1, 0.15) is 58.3 Å². The number of nitrogens with zero attached hydrogens (tertiary/aromatic N) is 1. The molecule has 2 aliphatic rings. The predicted molar refractivity (Wildman–Crippen MR) is 117 cm³/mol. The zero-order valence-corrected chi connectivity index (χ0v) is 18.5. The summed E-state index contributed by atoms with van der Waals surface area (Å²) < 4.78 is 15.8. The molecule has 2 aliphatic heterocycles. The first-order chi connectivity index (χ1) is 15.7. The van der Waals surface area contributed by atoms with Gasteiger partial charge in [-0.05, 0) is 49.6 Å². The maximum atomic E-state index is 12.7. The highest BCUT2D eigenvalue weighted by molar-refractivity contribution is 6.22. The van der Waals surface area contributed by atoms with Gasteiger partial charge in [-0.15, -0.1) is 0 Å². The largest absolute Gasteiger partial charge is 0.454 e. The highest BCUT2D eigenvalue weighted by Gasteiger charge is 2.36. The Morgan fingerprint density at radius 2 is 1.73 bits per heavy atom. The number of esters is 1. The van der Waals surface area contributed by atoms with E-state index in [1.165, 1.54) is 30.0 Å². The lowest BCUT2D eigenvalue weighted by molar-refractivity contribution is -0.123. The molecule has 2 aromatic carbocycles. The Morgan fingerprint density at radius 3 is 2.48 bits per heavy atom. The Morgan fingerprint density at radius 1 is 1.00 bits per heavy atom. The van der Waals surface area contributed by atoms with E-state index in [2.05, 4.69) is 5.32 Å². The van der Waals surface area contributed by atoms with Crippen LogP contribution in [0.15, 0.2) is 36.4 Å². The van der Waals surface area contributed by atoms with Gasteiger partial charge in [0, 0.05) is 18.3 Å². The van der Waals surface area contributed by atoms with Crippen molar-refractivity contribution in [2.24, 2.45) is 5.92 Å². The van der Waals surface area contributed by atoms with E-state index in [1.54, 1.807) is 18.2 Å². The molecule has 0 saturated heterocycles. The van der Waals surface area contributed by atoms with Crippen LogP contribution in [0.3, 0.4) is 0 Å². The highest BCUT2D eigenvalue weighted by Crippen LogP contribution is 2.34. The van der Waals surface area contributed by atoms with Gasteiger partial charge < -0.3 is 19.5 Å². The summed E-state index contributed by atoms with van der Waals surface area (Å²) >= 11 is 0. The molecule has 1 atom stereocenters. The first-order valence-electron chi connectivity index (χ1n) is 10.7. The molecule has 9 heteroatoms. The smallest absolute Gasteiger partial charge is 0.338 e. The summed E-state index contributed by atoms with van der Waals surface area (Å²) in [4.78, 5) is 51.5. The lowest BCUT2D eigenvalue weighted by Gasteiger charge is -2.14. The fourth-order valence-electron chi connectivity index (χ4n) is 3.51. The van der Waals surface area contributed by atoms with E-state index in [9.17, 15) is 19.2 Å². The SMILES string of the molecule is CC(C)CCN1C(=O)c2ccc(C(=O)O[C@@H](C)C(=O)Nc3ccc4c(c3)OCO4)cc2C1=O. The Kier molecular flexibility index (Phi) is 6.04. The number of ether oxygens (including phenoxy) is 3. The van der Waals surface area contributed by atoms with Crippen molar-refractivity contribution in [1.82, 2.24) is 4.90 Å². The molecular weight excluding hydrogens is 428 g/mol. The van der Waals surface area contributed by atoms with Crippen LogP contribution in [-0.2, 0) is 9.53 Å². The molecule has 9 nitrogen and oxygen atoms in total. The third kappa shape index (κ3) is 4.52. The van der Waals surface area contributed by atoms with Crippen LogP contribution < -0.4 is 14.8 Å². The zero-order chi connectivity index (χ0) is 23.7. The van der Waals surface area contributed by atoms with Crippen molar-refractivity contribution in [3.63, 3.8) is 0 Å². The van der Waals surface area contributed by atoms with Gasteiger partial charge in [-0.2, -0.15) is 0 Å². The molecule has 2 aromatic rings. The second-order valence-corrected chi connectivity index (χ2v) is 8.31. The molecule has 0 saturated carbocycles. The average Bonchev–Trinajstić information content (AvgIpc) is 3.34. The van der Waals surface area contributed by atoms with Crippen molar-refractivity contribution < 1.29 is 33.4 Å². The molecule has 1 N–H and O–H groups in total. The minimum absolute atomic E-state index is 0.0864. The molecule has 4 rings (SSSR count). The van der Waals surface area contributed by atoms with Gasteiger partial charge in [-0.25, -0.2) is 4.79 Å². The van der Waals surface area contributed by atoms with Gasteiger partial charge in [0.05, 0.1) is 16.7 Å². The highest BCUT2D eigenvalue weighted by atomic mass is 16.7. The van der Waals surface area contributed by atoms with Gasteiger partial charge in [0.25, 0.3) is 17.7 Å². The summed E-state index contributed by atoms with van der Waals surface area (Å²) in [6.45, 7) is 5.90. The average molecular weight is 452 g/mol. The van der Waals surface area contributed by atoms with Crippen LogP contribution in [0.2, 0.25) is 0 Å². The topological polar surface area (TPSA) is 111 Å². The molecule has 3 amide bonds. The Bertz CT molecular complexity index is 1140. The van der Waals surface area contributed by atoms with Crippen LogP contribution in [0.25, 0.3) is 0 Å². The number of rotatable bonds is 7. The van der Waals surface area contributed by atoms with Crippen molar-refractivity contribution >= 4 is 29.4 Å². The Hall–Kier alpha value is -3.88. The van der Waals surface area contributed by atoms with Crippen LogP contribution in [0.4, 0.5) is 5.69 Å². The molecule has 0 bridgehead atoms. The molecular formula is C24H24N2O7. The molecule has 0 radical (unpaired) electrons. The second kappa shape index (κ2) is 8.93. The summed E-state index contributed by atoms with van der Waals surface area (Å²) in [5, 5.41) is 2.65. The third-order valence-electron chi connectivity index (χ3n) is 5.43. The maximum absolute atomic E-state index is 12.7. The van der Waals surface area contributed by atoms with Crippen LogP contribution in [-0.4, -0.2) is 48.0 Å². The fraction of sp³-hybridized carbons (Fsp3) is 0.333. The van der Waals surface area contributed by atoms with Gasteiger partial charge >= 0.3 is 5.97 Å². The lowest BCUT2D eigenvalue weighted by atomic mass is 10.1. The number of amides is 3. The Balaban J connectivity index is 1.40. The quantitative estimate of drug-likeness (QED) is 0.507. The molecule has 172 valence electrons.